The van der Waals surface area contributed by atoms with Gasteiger partial charge in [-0.05, 0) is 20.8 Å². The Morgan fingerprint density at radius 2 is 2.19 bits per heavy atom. The zero-order valence-corrected chi connectivity index (χ0v) is 11.5. The maximum atomic E-state index is 11.9. The second-order valence-electron chi connectivity index (χ2n) is 4.62. The third kappa shape index (κ3) is 4.28. The van der Waals surface area contributed by atoms with E-state index >= 15 is 0 Å². The Hall–Kier alpha value is -0.320. The molecule has 1 fully saturated rings. The lowest BCUT2D eigenvalue weighted by molar-refractivity contribution is -0.133. The average molecular weight is 250 g/mol. The molecule has 4 nitrogen and oxygen atoms in total. The quantitative estimate of drug-likeness (QED) is 0.795. The lowest BCUT2D eigenvalue weighted by Crippen LogP contribution is -2.53. The summed E-state index contributed by atoms with van der Waals surface area (Å²) in [5.41, 5.74) is 0. The van der Waals surface area contributed by atoms with E-state index in [0.717, 1.165) is 19.6 Å². The van der Waals surface area contributed by atoms with Crippen LogP contribution in [0.1, 0.15) is 20.8 Å². The first kappa shape index (κ1) is 15.7. The molecule has 0 spiro atoms. The van der Waals surface area contributed by atoms with Gasteiger partial charge >= 0.3 is 0 Å². The molecule has 1 amide bonds. The molecule has 16 heavy (non-hydrogen) atoms. The molecular formula is C11H24ClN3O. The van der Waals surface area contributed by atoms with Gasteiger partial charge in [0.2, 0.25) is 5.91 Å². The average Bonchev–Trinajstić information content (AvgIpc) is 2.20. The van der Waals surface area contributed by atoms with E-state index < -0.39 is 0 Å². The number of nitrogens with zero attached hydrogens (tertiary/aromatic N) is 2. The van der Waals surface area contributed by atoms with Crippen molar-refractivity contribution in [2.75, 3.05) is 33.2 Å². The van der Waals surface area contributed by atoms with Crippen molar-refractivity contribution in [3.8, 4) is 0 Å². The molecule has 0 saturated carbocycles. The minimum Gasteiger partial charge on any atom is -0.342 e. The van der Waals surface area contributed by atoms with Crippen molar-refractivity contribution in [3.05, 3.63) is 0 Å². The Labute approximate surface area is 105 Å². The number of hydrogen-bond acceptors (Lipinski definition) is 3. The van der Waals surface area contributed by atoms with Gasteiger partial charge in [-0.1, -0.05) is 0 Å². The molecule has 0 aromatic rings. The van der Waals surface area contributed by atoms with Crippen LogP contribution in [0.3, 0.4) is 0 Å². The van der Waals surface area contributed by atoms with Gasteiger partial charge < -0.3 is 10.2 Å². The molecule has 0 aliphatic carbocycles. The van der Waals surface area contributed by atoms with Crippen LogP contribution in [0.2, 0.25) is 0 Å². The third-order valence-corrected chi connectivity index (χ3v) is 3.15. The van der Waals surface area contributed by atoms with Crippen molar-refractivity contribution in [3.63, 3.8) is 0 Å². The van der Waals surface area contributed by atoms with E-state index in [-0.39, 0.29) is 24.4 Å². The number of likely N-dealkylation sites (N-methyl/N-ethyl adjacent to an activating group) is 1. The van der Waals surface area contributed by atoms with Gasteiger partial charge in [0.1, 0.15) is 0 Å². The number of piperazine rings is 1. The summed E-state index contributed by atoms with van der Waals surface area (Å²) in [6.07, 6.45) is 0. The van der Waals surface area contributed by atoms with Crippen molar-refractivity contribution in [2.45, 2.75) is 32.9 Å². The Morgan fingerprint density at radius 1 is 1.56 bits per heavy atom. The van der Waals surface area contributed by atoms with Crippen LogP contribution in [0.25, 0.3) is 0 Å². The second kappa shape index (κ2) is 7.09. The first-order chi connectivity index (χ1) is 7.02. The maximum absolute atomic E-state index is 11.9. The summed E-state index contributed by atoms with van der Waals surface area (Å²) in [5, 5.41) is 3.32. The minimum atomic E-state index is 0. The SMILES string of the molecule is CC1CNCCN1CC(=O)N(C)C(C)C.Cl. The Bertz CT molecular complexity index is 223. The molecule has 1 unspecified atom stereocenters. The summed E-state index contributed by atoms with van der Waals surface area (Å²) in [7, 11) is 1.87. The fraction of sp³-hybridized carbons (Fsp3) is 0.909. The molecule has 1 atom stereocenters. The summed E-state index contributed by atoms with van der Waals surface area (Å²) >= 11 is 0. The van der Waals surface area contributed by atoms with E-state index in [4.69, 9.17) is 0 Å². The molecule has 1 aliphatic heterocycles. The van der Waals surface area contributed by atoms with Crippen molar-refractivity contribution in [1.29, 1.82) is 0 Å². The molecule has 0 radical (unpaired) electrons. The van der Waals surface area contributed by atoms with Crippen molar-refractivity contribution >= 4 is 18.3 Å². The van der Waals surface area contributed by atoms with Crippen LogP contribution >= 0.6 is 12.4 Å². The van der Waals surface area contributed by atoms with E-state index in [0.29, 0.717) is 12.6 Å². The number of halogens is 1. The van der Waals surface area contributed by atoms with Gasteiger partial charge in [-0.15, -0.1) is 12.4 Å². The zero-order valence-electron chi connectivity index (χ0n) is 10.7. The maximum Gasteiger partial charge on any atom is 0.236 e. The predicted octanol–water partition coefficient (Wildman–Crippen LogP) is 0.569. The molecule has 5 heteroatoms. The number of amides is 1. The number of rotatable bonds is 3. The molecule has 1 N–H and O–H groups in total. The summed E-state index contributed by atoms with van der Waals surface area (Å²) < 4.78 is 0. The first-order valence-corrected chi connectivity index (χ1v) is 5.72. The van der Waals surface area contributed by atoms with Gasteiger partial charge in [0.15, 0.2) is 0 Å². The summed E-state index contributed by atoms with van der Waals surface area (Å²) in [5.74, 6) is 0.221. The zero-order chi connectivity index (χ0) is 11.4. The van der Waals surface area contributed by atoms with E-state index in [1.54, 1.807) is 0 Å². The lowest BCUT2D eigenvalue weighted by atomic mass is 10.2. The second-order valence-corrected chi connectivity index (χ2v) is 4.62. The number of carbonyl (C=O) groups excluding carboxylic acids is 1. The summed E-state index contributed by atoms with van der Waals surface area (Å²) in [6.45, 7) is 9.74. The minimum absolute atomic E-state index is 0. The van der Waals surface area contributed by atoms with Crippen LogP contribution in [0.5, 0.6) is 0 Å². The first-order valence-electron chi connectivity index (χ1n) is 5.72. The molecular weight excluding hydrogens is 226 g/mol. The Balaban J connectivity index is 0.00000225. The van der Waals surface area contributed by atoms with Gasteiger partial charge in [0, 0.05) is 38.8 Å². The van der Waals surface area contributed by atoms with Crippen molar-refractivity contribution in [2.24, 2.45) is 0 Å². The summed E-state index contributed by atoms with van der Waals surface area (Å²) in [6, 6.07) is 0.749. The predicted molar refractivity (Wildman–Crippen MR) is 69.1 cm³/mol. The number of carbonyl (C=O) groups is 1. The van der Waals surface area contributed by atoms with E-state index in [1.165, 1.54) is 0 Å². The van der Waals surface area contributed by atoms with E-state index in [2.05, 4.69) is 17.1 Å². The fourth-order valence-corrected chi connectivity index (χ4v) is 1.69. The molecule has 1 saturated heterocycles. The lowest BCUT2D eigenvalue weighted by Gasteiger charge is -2.34. The van der Waals surface area contributed by atoms with Crippen LogP contribution in [0, 0.1) is 0 Å². The van der Waals surface area contributed by atoms with E-state index in [9.17, 15) is 4.79 Å². The van der Waals surface area contributed by atoms with Crippen LogP contribution < -0.4 is 5.32 Å². The van der Waals surface area contributed by atoms with Crippen molar-refractivity contribution < 1.29 is 4.79 Å². The number of hydrogen-bond donors (Lipinski definition) is 1. The highest BCUT2D eigenvalue weighted by atomic mass is 35.5. The Morgan fingerprint density at radius 3 is 2.69 bits per heavy atom. The van der Waals surface area contributed by atoms with Gasteiger partial charge in [-0.3, -0.25) is 9.69 Å². The summed E-state index contributed by atoms with van der Waals surface area (Å²) in [4.78, 5) is 15.9. The Kier molecular flexibility index (Phi) is 6.95. The monoisotopic (exact) mass is 249 g/mol. The fourth-order valence-electron chi connectivity index (χ4n) is 1.69. The molecule has 0 aromatic heterocycles. The molecule has 0 bridgehead atoms. The van der Waals surface area contributed by atoms with Crippen molar-refractivity contribution in [1.82, 2.24) is 15.1 Å². The third-order valence-electron chi connectivity index (χ3n) is 3.15. The van der Waals surface area contributed by atoms with Gasteiger partial charge in [-0.25, -0.2) is 0 Å². The molecule has 1 aliphatic rings. The van der Waals surface area contributed by atoms with Crippen LogP contribution in [-0.2, 0) is 4.79 Å². The van der Waals surface area contributed by atoms with E-state index in [1.807, 2.05) is 25.8 Å². The van der Waals surface area contributed by atoms with Gasteiger partial charge in [0.25, 0.3) is 0 Å². The van der Waals surface area contributed by atoms with Gasteiger partial charge in [0.05, 0.1) is 6.54 Å². The molecule has 0 aromatic carbocycles. The van der Waals surface area contributed by atoms with Gasteiger partial charge in [-0.2, -0.15) is 0 Å². The number of nitrogens with one attached hydrogen (secondary N) is 1. The largest absolute Gasteiger partial charge is 0.342 e. The molecule has 1 heterocycles. The smallest absolute Gasteiger partial charge is 0.236 e. The highest BCUT2D eigenvalue weighted by Crippen LogP contribution is 2.04. The van der Waals surface area contributed by atoms with Crippen LogP contribution in [0.4, 0.5) is 0 Å². The molecule has 96 valence electrons. The standard InChI is InChI=1S/C11H23N3O.ClH/c1-9(2)13(4)11(15)8-14-6-5-12-7-10(14)3;/h9-10,12H,5-8H2,1-4H3;1H. The normalized spacial score (nSPS) is 21.7. The topological polar surface area (TPSA) is 35.6 Å². The highest BCUT2D eigenvalue weighted by molar-refractivity contribution is 5.85. The highest BCUT2D eigenvalue weighted by Gasteiger charge is 2.22. The molecule has 1 rings (SSSR count). The van der Waals surface area contributed by atoms with Crippen LogP contribution in [-0.4, -0.2) is 61.0 Å². The van der Waals surface area contributed by atoms with Crippen LogP contribution in [0.15, 0.2) is 0 Å².